The summed E-state index contributed by atoms with van der Waals surface area (Å²) in [5, 5.41) is 0. The van der Waals surface area contributed by atoms with E-state index in [2.05, 4.69) is 4.90 Å². The number of likely N-dealkylation sites (tertiary alicyclic amines) is 1. The molecule has 0 spiro atoms. The van der Waals surface area contributed by atoms with Crippen LogP contribution < -0.4 is 5.73 Å². The predicted molar refractivity (Wildman–Crippen MR) is 83.8 cm³/mol. The largest absolute Gasteiger partial charge is 0.381 e. The molecule has 3 nitrogen and oxygen atoms in total. The molecule has 0 saturated carbocycles. The van der Waals surface area contributed by atoms with Crippen LogP contribution >= 0.6 is 0 Å². The zero-order valence-electron chi connectivity index (χ0n) is 12.8. The van der Waals surface area contributed by atoms with Crippen molar-refractivity contribution in [2.45, 2.75) is 38.1 Å². The first-order chi connectivity index (χ1) is 10.2. The second-order valence-corrected chi connectivity index (χ2v) is 5.88. The Kier molecular flexibility index (Phi) is 7.13. The van der Waals surface area contributed by atoms with Crippen molar-refractivity contribution in [2.75, 3.05) is 32.8 Å². The van der Waals surface area contributed by atoms with Crippen LogP contribution in [0.3, 0.4) is 0 Å². The fourth-order valence-electron chi connectivity index (χ4n) is 2.70. The molecule has 1 aromatic carbocycles. The maximum atomic E-state index is 12.8. The van der Waals surface area contributed by atoms with Crippen molar-refractivity contribution in [3.05, 3.63) is 35.6 Å². The van der Waals surface area contributed by atoms with E-state index in [4.69, 9.17) is 10.5 Å². The van der Waals surface area contributed by atoms with Gasteiger partial charge in [0.05, 0.1) is 0 Å². The summed E-state index contributed by atoms with van der Waals surface area (Å²) in [7, 11) is 0. The summed E-state index contributed by atoms with van der Waals surface area (Å²) in [4.78, 5) is 2.48. The van der Waals surface area contributed by atoms with Crippen LogP contribution in [0.1, 0.15) is 31.2 Å². The monoisotopic (exact) mass is 294 g/mol. The molecule has 1 heterocycles. The van der Waals surface area contributed by atoms with Gasteiger partial charge in [-0.3, -0.25) is 0 Å². The molecule has 1 aliphatic rings. The normalized spacial score (nSPS) is 17.2. The maximum Gasteiger partial charge on any atom is 0.123 e. The van der Waals surface area contributed by atoms with Gasteiger partial charge < -0.3 is 15.4 Å². The second kappa shape index (κ2) is 9.13. The van der Waals surface area contributed by atoms with Gasteiger partial charge in [0.15, 0.2) is 0 Å². The van der Waals surface area contributed by atoms with E-state index in [1.807, 2.05) is 12.1 Å². The highest BCUT2D eigenvalue weighted by Gasteiger charge is 2.14. The minimum atomic E-state index is -0.173. The van der Waals surface area contributed by atoms with Crippen LogP contribution in [0.4, 0.5) is 4.39 Å². The highest BCUT2D eigenvalue weighted by atomic mass is 19.1. The first-order valence-corrected chi connectivity index (χ1v) is 8.04. The smallest absolute Gasteiger partial charge is 0.123 e. The second-order valence-electron chi connectivity index (χ2n) is 5.88. The van der Waals surface area contributed by atoms with E-state index in [0.29, 0.717) is 6.04 Å². The summed E-state index contributed by atoms with van der Waals surface area (Å²) < 4.78 is 18.4. The standard InChI is InChI=1S/C17H27FN2O/c18-16-6-4-15(5-7-16)3-1-13-21-14-2-10-20-11-8-17(19)9-12-20/h4-7,17H,1-3,8-14,19H2. The molecule has 21 heavy (non-hydrogen) atoms. The topological polar surface area (TPSA) is 38.5 Å². The highest BCUT2D eigenvalue weighted by molar-refractivity contribution is 5.15. The van der Waals surface area contributed by atoms with Crippen molar-refractivity contribution in [1.82, 2.24) is 4.90 Å². The first-order valence-electron chi connectivity index (χ1n) is 8.04. The van der Waals surface area contributed by atoms with Crippen LogP contribution in [-0.4, -0.2) is 43.8 Å². The Balaban J connectivity index is 1.44. The van der Waals surface area contributed by atoms with Crippen LogP contribution in [0.15, 0.2) is 24.3 Å². The molecule has 4 heteroatoms. The summed E-state index contributed by atoms with van der Waals surface area (Å²) in [6.07, 6.45) is 5.28. The lowest BCUT2D eigenvalue weighted by Gasteiger charge is -2.29. The third-order valence-electron chi connectivity index (χ3n) is 4.06. The van der Waals surface area contributed by atoms with E-state index in [1.54, 1.807) is 0 Å². The van der Waals surface area contributed by atoms with Crippen LogP contribution in [-0.2, 0) is 11.2 Å². The minimum absolute atomic E-state index is 0.173. The molecule has 0 amide bonds. The van der Waals surface area contributed by atoms with E-state index < -0.39 is 0 Å². The maximum absolute atomic E-state index is 12.8. The van der Waals surface area contributed by atoms with E-state index in [9.17, 15) is 4.39 Å². The molecular weight excluding hydrogens is 267 g/mol. The predicted octanol–water partition coefficient (Wildman–Crippen LogP) is 2.59. The molecule has 0 aromatic heterocycles. The van der Waals surface area contributed by atoms with Crippen molar-refractivity contribution in [1.29, 1.82) is 0 Å². The summed E-state index contributed by atoms with van der Waals surface area (Å²) in [6.45, 7) is 4.98. The average Bonchev–Trinajstić information content (AvgIpc) is 2.50. The van der Waals surface area contributed by atoms with Crippen LogP contribution in [0, 0.1) is 5.82 Å². The summed E-state index contributed by atoms with van der Waals surface area (Å²) in [5.41, 5.74) is 7.06. The molecule has 2 rings (SSSR count). The number of nitrogens with two attached hydrogens (primary N) is 1. The lowest BCUT2D eigenvalue weighted by molar-refractivity contribution is 0.114. The van der Waals surface area contributed by atoms with Gasteiger partial charge in [-0.05, 0) is 62.9 Å². The van der Waals surface area contributed by atoms with E-state index in [-0.39, 0.29) is 5.82 Å². The van der Waals surface area contributed by atoms with Crippen LogP contribution in [0.5, 0.6) is 0 Å². The molecule has 1 saturated heterocycles. The van der Waals surface area contributed by atoms with Crippen molar-refractivity contribution in [3.8, 4) is 0 Å². The number of aryl methyl sites for hydroxylation is 1. The quantitative estimate of drug-likeness (QED) is 0.749. The molecule has 0 radical (unpaired) electrons. The van der Waals surface area contributed by atoms with Gasteiger partial charge in [-0.1, -0.05) is 12.1 Å². The fraction of sp³-hybridized carbons (Fsp3) is 0.647. The van der Waals surface area contributed by atoms with Gasteiger partial charge >= 0.3 is 0 Å². The Morgan fingerprint density at radius 3 is 2.48 bits per heavy atom. The van der Waals surface area contributed by atoms with Crippen molar-refractivity contribution < 1.29 is 9.13 Å². The Bertz CT molecular complexity index is 388. The molecule has 0 unspecified atom stereocenters. The van der Waals surface area contributed by atoms with Gasteiger partial charge in [0.1, 0.15) is 5.82 Å². The van der Waals surface area contributed by atoms with Gasteiger partial charge in [0.25, 0.3) is 0 Å². The molecule has 1 fully saturated rings. The van der Waals surface area contributed by atoms with Crippen molar-refractivity contribution in [3.63, 3.8) is 0 Å². The molecule has 0 atom stereocenters. The minimum Gasteiger partial charge on any atom is -0.381 e. The lowest BCUT2D eigenvalue weighted by Crippen LogP contribution is -2.40. The molecule has 1 aromatic rings. The highest BCUT2D eigenvalue weighted by Crippen LogP contribution is 2.08. The van der Waals surface area contributed by atoms with Crippen LogP contribution in [0.25, 0.3) is 0 Å². The van der Waals surface area contributed by atoms with Gasteiger partial charge in [-0.15, -0.1) is 0 Å². The molecule has 0 aliphatic carbocycles. The van der Waals surface area contributed by atoms with Crippen LogP contribution in [0.2, 0.25) is 0 Å². The van der Waals surface area contributed by atoms with E-state index in [1.165, 1.54) is 17.7 Å². The van der Waals surface area contributed by atoms with Crippen molar-refractivity contribution >= 4 is 0 Å². The number of rotatable bonds is 8. The molecule has 2 N–H and O–H groups in total. The molecule has 0 bridgehead atoms. The lowest BCUT2D eigenvalue weighted by atomic mass is 10.1. The number of halogens is 1. The number of hydrogen-bond acceptors (Lipinski definition) is 3. The number of nitrogens with zero attached hydrogens (tertiary/aromatic N) is 1. The van der Waals surface area contributed by atoms with E-state index >= 15 is 0 Å². The molecule has 1 aliphatic heterocycles. The SMILES string of the molecule is NC1CCN(CCCOCCCc2ccc(F)cc2)CC1. The zero-order chi connectivity index (χ0) is 14.9. The fourth-order valence-corrected chi connectivity index (χ4v) is 2.70. The third kappa shape index (κ3) is 6.55. The van der Waals surface area contributed by atoms with Crippen molar-refractivity contribution in [2.24, 2.45) is 5.73 Å². The summed E-state index contributed by atoms with van der Waals surface area (Å²) in [6, 6.07) is 7.12. The number of hydrogen-bond donors (Lipinski definition) is 1. The van der Waals surface area contributed by atoms with Gasteiger partial charge in [-0.2, -0.15) is 0 Å². The zero-order valence-corrected chi connectivity index (χ0v) is 12.8. The Morgan fingerprint density at radius 1 is 1.10 bits per heavy atom. The Labute approximate surface area is 127 Å². The Hall–Kier alpha value is -0.970. The molecular formula is C17H27FN2O. The third-order valence-corrected chi connectivity index (χ3v) is 4.06. The average molecular weight is 294 g/mol. The first kappa shape index (κ1) is 16.4. The number of ether oxygens (including phenoxy) is 1. The van der Waals surface area contributed by atoms with E-state index in [0.717, 1.165) is 65.0 Å². The number of piperidine rings is 1. The Morgan fingerprint density at radius 2 is 1.76 bits per heavy atom. The van der Waals surface area contributed by atoms with Gasteiger partial charge in [0, 0.05) is 25.8 Å². The molecule has 118 valence electrons. The summed E-state index contributed by atoms with van der Waals surface area (Å²) in [5.74, 6) is -0.173. The summed E-state index contributed by atoms with van der Waals surface area (Å²) >= 11 is 0. The van der Waals surface area contributed by atoms with Gasteiger partial charge in [-0.25, -0.2) is 4.39 Å². The number of benzene rings is 1. The van der Waals surface area contributed by atoms with Gasteiger partial charge in [0.2, 0.25) is 0 Å².